The van der Waals surface area contributed by atoms with Gasteiger partial charge < -0.3 is 10.1 Å². The Morgan fingerprint density at radius 3 is 2.88 bits per heavy atom. The second-order valence-electron chi connectivity index (χ2n) is 5.21. The molecule has 1 fully saturated rings. The van der Waals surface area contributed by atoms with Gasteiger partial charge in [0, 0.05) is 25.7 Å². The average molecular weight is 242 g/mol. The third-order valence-corrected chi connectivity index (χ3v) is 3.74. The molecule has 1 rings (SSSR count). The largest absolute Gasteiger partial charge is 0.380 e. The smallest absolute Gasteiger partial charge is 0.0593 e. The summed E-state index contributed by atoms with van der Waals surface area (Å²) in [5.74, 6) is 0.771. The molecule has 2 atom stereocenters. The quantitative estimate of drug-likeness (QED) is 0.692. The van der Waals surface area contributed by atoms with E-state index < -0.39 is 0 Å². The van der Waals surface area contributed by atoms with Crippen LogP contribution in [0.25, 0.3) is 0 Å². The maximum absolute atomic E-state index is 5.59. The molecule has 102 valence electrons. The fourth-order valence-electron chi connectivity index (χ4n) is 2.33. The van der Waals surface area contributed by atoms with E-state index in [9.17, 15) is 0 Å². The van der Waals surface area contributed by atoms with Crippen molar-refractivity contribution in [1.82, 2.24) is 10.2 Å². The predicted molar refractivity (Wildman–Crippen MR) is 73.4 cm³/mol. The highest BCUT2D eigenvalue weighted by molar-refractivity contribution is 4.80. The van der Waals surface area contributed by atoms with Gasteiger partial charge in [0.25, 0.3) is 0 Å². The van der Waals surface area contributed by atoms with Crippen LogP contribution in [0.2, 0.25) is 0 Å². The molecule has 1 aliphatic heterocycles. The Balaban J connectivity index is 2.27. The molecule has 2 unspecified atom stereocenters. The summed E-state index contributed by atoms with van der Waals surface area (Å²) in [5, 5.41) is 3.68. The molecule has 3 heteroatoms. The van der Waals surface area contributed by atoms with Crippen LogP contribution in [0, 0.1) is 5.92 Å². The summed E-state index contributed by atoms with van der Waals surface area (Å²) in [6.07, 6.45) is 3.65. The van der Waals surface area contributed by atoms with Crippen molar-refractivity contribution in [2.24, 2.45) is 5.92 Å². The molecule has 1 heterocycles. The van der Waals surface area contributed by atoms with E-state index in [1.165, 1.54) is 32.5 Å². The lowest BCUT2D eigenvalue weighted by molar-refractivity contribution is 0.101. The molecule has 1 N–H and O–H groups in total. The SMILES string of the molecule is CCCOCCN1CCCNC(C(C)CC)C1. The van der Waals surface area contributed by atoms with Crippen LogP contribution in [-0.2, 0) is 4.74 Å². The third-order valence-electron chi connectivity index (χ3n) is 3.74. The van der Waals surface area contributed by atoms with Gasteiger partial charge in [-0.2, -0.15) is 0 Å². The van der Waals surface area contributed by atoms with Gasteiger partial charge in [-0.15, -0.1) is 0 Å². The van der Waals surface area contributed by atoms with E-state index in [0.717, 1.165) is 32.1 Å². The Labute approximate surface area is 107 Å². The monoisotopic (exact) mass is 242 g/mol. The van der Waals surface area contributed by atoms with Crippen LogP contribution in [0.4, 0.5) is 0 Å². The van der Waals surface area contributed by atoms with Gasteiger partial charge in [0.05, 0.1) is 6.61 Å². The lowest BCUT2D eigenvalue weighted by Crippen LogP contribution is -2.42. The molecule has 0 radical (unpaired) electrons. The zero-order valence-electron chi connectivity index (χ0n) is 11.9. The molecule has 0 aromatic rings. The first-order valence-electron chi connectivity index (χ1n) is 7.31. The lowest BCUT2D eigenvalue weighted by atomic mass is 9.99. The highest BCUT2D eigenvalue weighted by atomic mass is 16.5. The maximum atomic E-state index is 5.59. The first-order chi connectivity index (χ1) is 8.27. The molecule has 0 amide bonds. The van der Waals surface area contributed by atoms with E-state index >= 15 is 0 Å². The van der Waals surface area contributed by atoms with Gasteiger partial charge >= 0.3 is 0 Å². The van der Waals surface area contributed by atoms with Gasteiger partial charge in [-0.05, 0) is 31.8 Å². The van der Waals surface area contributed by atoms with E-state index in [1.807, 2.05) is 0 Å². The van der Waals surface area contributed by atoms with Crippen molar-refractivity contribution < 1.29 is 4.74 Å². The Hall–Kier alpha value is -0.120. The van der Waals surface area contributed by atoms with Gasteiger partial charge in [-0.1, -0.05) is 27.2 Å². The molecule has 1 aliphatic rings. The van der Waals surface area contributed by atoms with Crippen LogP contribution in [0.3, 0.4) is 0 Å². The van der Waals surface area contributed by atoms with Gasteiger partial charge in [-0.25, -0.2) is 0 Å². The van der Waals surface area contributed by atoms with Crippen LogP contribution < -0.4 is 5.32 Å². The number of hydrogen-bond acceptors (Lipinski definition) is 3. The molecule has 17 heavy (non-hydrogen) atoms. The topological polar surface area (TPSA) is 24.5 Å². The minimum absolute atomic E-state index is 0.661. The number of nitrogens with one attached hydrogen (secondary N) is 1. The summed E-state index contributed by atoms with van der Waals surface area (Å²) >= 11 is 0. The van der Waals surface area contributed by atoms with E-state index in [0.29, 0.717) is 6.04 Å². The molecule has 0 aromatic heterocycles. The minimum Gasteiger partial charge on any atom is -0.380 e. The van der Waals surface area contributed by atoms with Crippen molar-refractivity contribution in [3.8, 4) is 0 Å². The lowest BCUT2D eigenvalue weighted by Gasteiger charge is -2.27. The van der Waals surface area contributed by atoms with Crippen molar-refractivity contribution in [2.75, 3.05) is 39.4 Å². The summed E-state index contributed by atoms with van der Waals surface area (Å²) in [5.41, 5.74) is 0. The highest BCUT2D eigenvalue weighted by Crippen LogP contribution is 2.12. The molecule has 0 bridgehead atoms. The standard InChI is InChI=1S/C14H30N2O/c1-4-10-17-11-9-16-8-6-7-15-14(12-16)13(3)5-2/h13-15H,4-12H2,1-3H3. The van der Waals surface area contributed by atoms with Crippen molar-refractivity contribution >= 4 is 0 Å². The van der Waals surface area contributed by atoms with Gasteiger partial charge in [-0.3, -0.25) is 4.90 Å². The summed E-state index contributed by atoms with van der Waals surface area (Å²) in [6.45, 7) is 13.3. The highest BCUT2D eigenvalue weighted by Gasteiger charge is 2.21. The zero-order chi connectivity index (χ0) is 12.5. The fraction of sp³-hybridized carbons (Fsp3) is 1.00. The average Bonchev–Trinajstić information content (AvgIpc) is 2.59. The molecule has 0 aromatic carbocycles. The molecular weight excluding hydrogens is 212 g/mol. The van der Waals surface area contributed by atoms with Gasteiger partial charge in [0.1, 0.15) is 0 Å². The first kappa shape index (κ1) is 14.9. The van der Waals surface area contributed by atoms with Crippen LogP contribution in [0.5, 0.6) is 0 Å². The molecule has 1 saturated heterocycles. The molecular formula is C14H30N2O. The van der Waals surface area contributed by atoms with Crippen molar-refractivity contribution in [1.29, 1.82) is 0 Å². The third kappa shape index (κ3) is 5.84. The number of nitrogens with zero attached hydrogens (tertiary/aromatic N) is 1. The first-order valence-corrected chi connectivity index (χ1v) is 7.31. The summed E-state index contributed by atoms with van der Waals surface area (Å²) in [6, 6.07) is 0.661. The number of hydrogen-bond donors (Lipinski definition) is 1. The Morgan fingerprint density at radius 2 is 2.18 bits per heavy atom. The summed E-state index contributed by atoms with van der Waals surface area (Å²) in [4.78, 5) is 2.56. The molecule has 3 nitrogen and oxygen atoms in total. The van der Waals surface area contributed by atoms with E-state index in [-0.39, 0.29) is 0 Å². The Bertz CT molecular complexity index is 187. The van der Waals surface area contributed by atoms with E-state index in [1.54, 1.807) is 0 Å². The van der Waals surface area contributed by atoms with E-state index in [2.05, 4.69) is 31.0 Å². The van der Waals surface area contributed by atoms with Crippen molar-refractivity contribution in [3.05, 3.63) is 0 Å². The molecule has 0 saturated carbocycles. The molecule has 0 aliphatic carbocycles. The number of ether oxygens (including phenoxy) is 1. The molecule has 0 spiro atoms. The van der Waals surface area contributed by atoms with Crippen LogP contribution in [-0.4, -0.2) is 50.3 Å². The second-order valence-corrected chi connectivity index (χ2v) is 5.21. The van der Waals surface area contributed by atoms with Crippen LogP contribution in [0.1, 0.15) is 40.0 Å². The van der Waals surface area contributed by atoms with Crippen molar-refractivity contribution in [2.45, 2.75) is 46.1 Å². The predicted octanol–water partition coefficient (Wildman–Crippen LogP) is 2.12. The summed E-state index contributed by atoms with van der Waals surface area (Å²) in [7, 11) is 0. The Kier molecular flexibility index (Phi) is 7.82. The fourth-order valence-corrected chi connectivity index (χ4v) is 2.33. The zero-order valence-corrected chi connectivity index (χ0v) is 11.9. The van der Waals surface area contributed by atoms with Gasteiger partial charge in [0.15, 0.2) is 0 Å². The van der Waals surface area contributed by atoms with Crippen molar-refractivity contribution in [3.63, 3.8) is 0 Å². The maximum Gasteiger partial charge on any atom is 0.0593 e. The van der Waals surface area contributed by atoms with E-state index in [4.69, 9.17) is 4.74 Å². The van der Waals surface area contributed by atoms with Gasteiger partial charge in [0.2, 0.25) is 0 Å². The Morgan fingerprint density at radius 1 is 1.35 bits per heavy atom. The second kappa shape index (κ2) is 8.90. The van der Waals surface area contributed by atoms with Crippen LogP contribution >= 0.6 is 0 Å². The summed E-state index contributed by atoms with van der Waals surface area (Å²) < 4.78 is 5.59. The minimum atomic E-state index is 0.661. The normalized spacial score (nSPS) is 24.5. The number of rotatable bonds is 7. The van der Waals surface area contributed by atoms with Crippen LogP contribution in [0.15, 0.2) is 0 Å².